The van der Waals surface area contributed by atoms with Crippen molar-refractivity contribution in [3.05, 3.63) is 66.7 Å². The summed E-state index contributed by atoms with van der Waals surface area (Å²) in [6, 6.07) is 15.4. The molecule has 0 aliphatic carbocycles. The highest BCUT2D eigenvalue weighted by Gasteiger charge is 1.98. The first kappa shape index (κ1) is 12.4. The molecule has 0 heterocycles. The van der Waals surface area contributed by atoms with E-state index in [9.17, 15) is 5.11 Å². The summed E-state index contributed by atoms with van der Waals surface area (Å²) in [6.07, 6.45) is 1.74. The molecule has 0 aliphatic heterocycles. The molecule has 2 rings (SSSR count). The summed E-state index contributed by atoms with van der Waals surface area (Å²) in [7, 11) is 0. The Morgan fingerprint density at radius 3 is 2.06 bits per heavy atom. The lowest BCUT2D eigenvalue weighted by molar-refractivity contribution is 0.149. The van der Waals surface area contributed by atoms with Gasteiger partial charge in [0, 0.05) is 0 Å². The van der Waals surface area contributed by atoms with Gasteiger partial charge in [0.15, 0.2) is 0 Å². The third kappa shape index (κ3) is 3.22. The Kier molecular flexibility index (Phi) is 4.15. The van der Waals surface area contributed by atoms with Gasteiger partial charge in [0.1, 0.15) is 5.75 Å². The van der Waals surface area contributed by atoms with E-state index >= 15 is 0 Å². The summed E-state index contributed by atoms with van der Waals surface area (Å²) >= 11 is 0. The first-order valence-corrected chi connectivity index (χ1v) is 5.86. The van der Waals surface area contributed by atoms with Crippen molar-refractivity contribution in [3.8, 4) is 16.9 Å². The minimum atomic E-state index is 0.285. The van der Waals surface area contributed by atoms with Crippen LogP contribution in [0.5, 0.6) is 5.75 Å². The summed E-state index contributed by atoms with van der Waals surface area (Å²) in [4.78, 5) is 0. The fourth-order valence-corrected chi connectivity index (χ4v) is 1.71. The molecule has 0 fully saturated rings. The van der Waals surface area contributed by atoms with Crippen LogP contribution in [0.2, 0.25) is 0 Å². The molecule has 0 radical (unpaired) electrons. The van der Waals surface area contributed by atoms with Gasteiger partial charge in [-0.15, -0.1) is 6.58 Å². The van der Waals surface area contributed by atoms with Gasteiger partial charge in [0.25, 0.3) is 0 Å². The van der Waals surface area contributed by atoms with Gasteiger partial charge < -0.3 is 9.84 Å². The number of phenols is 1. The average Bonchev–Trinajstić information content (AvgIpc) is 2.41. The SMILES string of the molecule is C=CCOCc1ccc(-c2ccc(O)cc2)cc1. The number of hydrogen-bond acceptors (Lipinski definition) is 2. The Morgan fingerprint density at radius 1 is 0.944 bits per heavy atom. The standard InChI is InChI=1S/C16H16O2/c1-2-11-18-12-13-3-5-14(6-4-13)15-7-9-16(17)10-8-15/h2-10,17H,1,11-12H2. The van der Waals surface area contributed by atoms with E-state index in [-0.39, 0.29) is 5.75 Å². The second kappa shape index (κ2) is 6.03. The van der Waals surface area contributed by atoms with E-state index in [0.29, 0.717) is 13.2 Å². The molecule has 0 saturated heterocycles. The highest BCUT2D eigenvalue weighted by atomic mass is 16.5. The lowest BCUT2D eigenvalue weighted by Gasteiger charge is -2.05. The molecule has 0 spiro atoms. The summed E-state index contributed by atoms with van der Waals surface area (Å²) < 4.78 is 5.38. The normalized spacial score (nSPS) is 10.2. The Balaban J connectivity index is 2.07. The molecule has 0 aromatic heterocycles. The molecule has 2 aromatic carbocycles. The van der Waals surface area contributed by atoms with Crippen molar-refractivity contribution in [2.75, 3.05) is 6.61 Å². The van der Waals surface area contributed by atoms with Crippen LogP contribution >= 0.6 is 0 Å². The van der Waals surface area contributed by atoms with Crippen molar-refractivity contribution in [2.24, 2.45) is 0 Å². The van der Waals surface area contributed by atoms with Gasteiger partial charge in [-0.3, -0.25) is 0 Å². The van der Waals surface area contributed by atoms with E-state index in [1.54, 1.807) is 18.2 Å². The molecule has 2 heteroatoms. The fourth-order valence-electron chi connectivity index (χ4n) is 1.71. The van der Waals surface area contributed by atoms with Gasteiger partial charge in [-0.05, 0) is 28.8 Å². The molecule has 0 atom stereocenters. The second-order valence-electron chi connectivity index (χ2n) is 4.05. The number of phenolic OH excluding ortho intramolecular Hbond substituents is 1. The summed E-state index contributed by atoms with van der Waals surface area (Å²) in [6.45, 7) is 4.78. The summed E-state index contributed by atoms with van der Waals surface area (Å²) in [5.74, 6) is 0.285. The minimum absolute atomic E-state index is 0.285. The third-order valence-corrected chi connectivity index (χ3v) is 2.66. The first-order chi connectivity index (χ1) is 8.79. The molecule has 0 amide bonds. The maximum absolute atomic E-state index is 9.24. The fraction of sp³-hybridized carbons (Fsp3) is 0.125. The zero-order valence-corrected chi connectivity index (χ0v) is 10.2. The monoisotopic (exact) mass is 240 g/mol. The Labute approximate surface area is 107 Å². The third-order valence-electron chi connectivity index (χ3n) is 2.66. The van der Waals surface area contributed by atoms with Crippen LogP contribution in [0.15, 0.2) is 61.2 Å². The van der Waals surface area contributed by atoms with Gasteiger partial charge in [-0.25, -0.2) is 0 Å². The summed E-state index contributed by atoms with van der Waals surface area (Å²) in [5.41, 5.74) is 3.35. The molecular weight excluding hydrogens is 224 g/mol. The molecule has 2 aromatic rings. The van der Waals surface area contributed by atoms with Crippen LogP contribution in [0.4, 0.5) is 0 Å². The van der Waals surface area contributed by atoms with Crippen molar-refractivity contribution in [1.82, 2.24) is 0 Å². The van der Waals surface area contributed by atoms with Crippen LogP contribution in [-0.2, 0) is 11.3 Å². The maximum atomic E-state index is 9.24. The Hall–Kier alpha value is -2.06. The van der Waals surface area contributed by atoms with Gasteiger partial charge in [-0.1, -0.05) is 42.5 Å². The van der Waals surface area contributed by atoms with Crippen molar-refractivity contribution >= 4 is 0 Å². The van der Waals surface area contributed by atoms with Crippen LogP contribution in [0, 0.1) is 0 Å². The number of rotatable bonds is 5. The van der Waals surface area contributed by atoms with Crippen molar-refractivity contribution in [2.45, 2.75) is 6.61 Å². The van der Waals surface area contributed by atoms with Gasteiger partial charge in [0.05, 0.1) is 13.2 Å². The molecule has 2 nitrogen and oxygen atoms in total. The zero-order chi connectivity index (χ0) is 12.8. The topological polar surface area (TPSA) is 29.5 Å². The van der Waals surface area contributed by atoms with Crippen LogP contribution < -0.4 is 0 Å². The van der Waals surface area contributed by atoms with E-state index in [4.69, 9.17) is 4.74 Å². The summed E-state index contributed by atoms with van der Waals surface area (Å²) in [5, 5.41) is 9.24. The quantitative estimate of drug-likeness (QED) is 0.637. The highest BCUT2D eigenvalue weighted by Crippen LogP contribution is 2.22. The van der Waals surface area contributed by atoms with Crippen LogP contribution in [-0.4, -0.2) is 11.7 Å². The smallest absolute Gasteiger partial charge is 0.115 e. The van der Waals surface area contributed by atoms with Crippen LogP contribution in [0.25, 0.3) is 11.1 Å². The molecule has 1 N–H and O–H groups in total. The molecule has 0 unspecified atom stereocenters. The Bertz CT molecular complexity index is 498. The van der Waals surface area contributed by atoms with E-state index in [1.165, 1.54) is 0 Å². The lowest BCUT2D eigenvalue weighted by Crippen LogP contribution is -1.92. The minimum Gasteiger partial charge on any atom is -0.508 e. The number of aromatic hydroxyl groups is 1. The van der Waals surface area contributed by atoms with E-state index in [0.717, 1.165) is 16.7 Å². The van der Waals surface area contributed by atoms with Crippen LogP contribution in [0.3, 0.4) is 0 Å². The van der Waals surface area contributed by atoms with E-state index in [1.807, 2.05) is 24.3 Å². The molecule has 92 valence electrons. The van der Waals surface area contributed by atoms with Crippen molar-refractivity contribution in [3.63, 3.8) is 0 Å². The maximum Gasteiger partial charge on any atom is 0.115 e. The number of hydrogen-bond donors (Lipinski definition) is 1. The number of benzene rings is 2. The van der Waals surface area contributed by atoms with Crippen molar-refractivity contribution < 1.29 is 9.84 Å². The molecular formula is C16H16O2. The Morgan fingerprint density at radius 2 is 1.50 bits per heavy atom. The molecule has 0 saturated carbocycles. The van der Waals surface area contributed by atoms with E-state index < -0.39 is 0 Å². The molecule has 0 aliphatic rings. The lowest BCUT2D eigenvalue weighted by atomic mass is 10.0. The van der Waals surface area contributed by atoms with Crippen molar-refractivity contribution in [1.29, 1.82) is 0 Å². The average molecular weight is 240 g/mol. The number of ether oxygens (including phenoxy) is 1. The predicted molar refractivity (Wildman–Crippen MR) is 73.4 cm³/mol. The zero-order valence-electron chi connectivity index (χ0n) is 10.2. The molecule has 18 heavy (non-hydrogen) atoms. The largest absolute Gasteiger partial charge is 0.508 e. The highest BCUT2D eigenvalue weighted by molar-refractivity contribution is 5.64. The molecule has 0 bridgehead atoms. The van der Waals surface area contributed by atoms with Gasteiger partial charge in [-0.2, -0.15) is 0 Å². The first-order valence-electron chi connectivity index (χ1n) is 5.86. The predicted octanol–water partition coefficient (Wildman–Crippen LogP) is 3.76. The second-order valence-corrected chi connectivity index (χ2v) is 4.05. The van der Waals surface area contributed by atoms with Gasteiger partial charge in [0.2, 0.25) is 0 Å². The van der Waals surface area contributed by atoms with Crippen LogP contribution in [0.1, 0.15) is 5.56 Å². The van der Waals surface area contributed by atoms with E-state index in [2.05, 4.69) is 18.7 Å². The van der Waals surface area contributed by atoms with Gasteiger partial charge >= 0.3 is 0 Å².